The van der Waals surface area contributed by atoms with Crippen molar-refractivity contribution >= 4 is 0 Å². The molecule has 0 saturated carbocycles. The molecule has 2 aromatic rings. The van der Waals surface area contributed by atoms with E-state index < -0.39 is 69.1 Å². The molecule has 0 nitrogen and oxygen atoms in total. The molecule has 0 amide bonds. The molecule has 8 heteroatoms. The third-order valence-corrected chi connectivity index (χ3v) is 3.27. The number of rotatable bonds is 0. The maximum Gasteiger partial charge on any atom is 0.198 e. The fourth-order valence-electron chi connectivity index (χ4n) is 2.38. The highest BCUT2D eigenvalue weighted by atomic mass is 19.2. The second-order valence-corrected chi connectivity index (χ2v) is 4.35. The molecule has 1 aliphatic carbocycles. The maximum atomic E-state index is 14.0. The Balaban J connectivity index is 2.54. The molecule has 0 saturated heterocycles. The summed E-state index contributed by atoms with van der Waals surface area (Å²) in [5, 5.41) is 0. The molecule has 1 aliphatic rings. The van der Waals surface area contributed by atoms with Crippen LogP contribution in [0.25, 0.3) is 11.1 Å². The zero-order chi connectivity index (χ0) is 15.6. The van der Waals surface area contributed by atoms with Crippen LogP contribution in [0.15, 0.2) is 6.07 Å². The Morgan fingerprint density at radius 1 is 0.571 bits per heavy atom. The molecule has 0 aliphatic heterocycles. The summed E-state index contributed by atoms with van der Waals surface area (Å²) in [5.41, 5.74) is -5.24. The maximum absolute atomic E-state index is 14.0. The molecule has 0 fully saturated rings. The second kappa shape index (κ2) is 4.19. The van der Waals surface area contributed by atoms with Gasteiger partial charge in [0.2, 0.25) is 0 Å². The SMILES string of the molecule is Fc1cc(F)c2c(c1F)-c1c(F)c(F)c(F)c(F)c1C2F. The lowest BCUT2D eigenvalue weighted by atomic mass is 10.0. The predicted octanol–water partition coefficient (Wildman–Crippen LogP) is 4.70. The quantitative estimate of drug-likeness (QED) is 0.376. The van der Waals surface area contributed by atoms with E-state index in [4.69, 9.17) is 0 Å². The predicted molar refractivity (Wildman–Crippen MR) is 54.5 cm³/mol. The summed E-state index contributed by atoms with van der Waals surface area (Å²) in [6.07, 6.45) is -2.78. The van der Waals surface area contributed by atoms with Gasteiger partial charge in [0.1, 0.15) is 5.82 Å². The van der Waals surface area contributed by atoms with Crippen LogP contribution in [0.1, 0.15) is 17.3 Å². The Bertz CT molecular complexity index is 796. The van der Waals surface area contributed by atoms with E-state index >= 15 is 0 Å². The summed E-state index contributed by atoms with van der Waals surface area (Å²) < 4.78 is 108. The number of fused-ring (bicyclic) bond motifs is 3. The largest absolute Gasteiger partial charge is 0.237 e. The molecular formula is C13H2F8. The van der Waals surface area contributed by atoms with Gasteiger partial charge in [-0.15, -0.1) is 0 Å². The van der Waals surface area contributed by atoms with Gasteiger partial charge in [-0.1, -0.05) is 0 Å². The third kappa shape index (κ3) is 1.55. The molecule has 2 aromatic carbocycles. The summed E-state index contributed by atoms with van der Waals surface area (Å²) in [6, 6.07) is -0.0187. The number of alkyl halides is 1. The van der Waals surface area contributed by atoms with Crippen molar-refractivity contribution in [3.05, 3.63) is 57.9 Å². The Hall–Kier alpha value is -2.12. The lowest BCUT2D eigenvalue weighted by Crippen LogP contribution is -2.03. The highest BCUT2D eigenvalue weighted by Crippen LogP contribution is 2.51. The zero-order valence-corrected chi connectivity index (χ0v) is 9.68. The van der Waals surface area contributed by atoms with Crippen molar-refractivity contribution in [1.29, 1.82) is 0 Å². The molecule has 3 rings (SSSR count). The van der Waals surface area contributed by atoms with Crippen LogP contribution >= 0.6 is 0 Å². The van der Waals surface area contributed by atoms with Gasteiger partial charge in [-0.2, -0.15) is 0 Å². The first-order valence-corrected chi connectivity index (χ1v) is 5.45. The van der Waals surface area contributed by atoms with E-state index in [9.17, 15) is 35.1 Å². The molecule has 110 valence electrons. The fourth-order valence-corrected chi connectivity index (χ4v) is 2.38. The first-order chi connectivity index (χ1) is 9.77. The Kier molecular flexibility index (Phi) is 2.76. The van der Waals surface area contributed by atoms with Crippen molar-refractivity contribution in [2.24, 2.45) is 0 Å². The van der Waals surface area contributed by atoms with Crippen molar-refractivity contribution in [3.8, 4) is 11.1 Å². The zero-order valence-electron chi connectivity index (χ0n) is 9.68. The van der Waals surface area contributed by atoms with Gasteiger partial charge in [0.15, 0.2) is 41.1 Å². The Morgan fingerprint density at radius 2 is 1.10 bits per heavy atom. The lowest BCUT2D eigenvalue weighted by molar-refractivity contribution is 0.359. The number of halogens is 8. The third-order valence-electron chi connectivity index (χ3n) is 3.27. The highest BCUT2D eigenvalue weighted by Gasteiger charge is 2.42. The van der Waals surface area contributed by atoms with Crippen LogP contribution in [0.5, 0.6) is 0 Å². The average molecular weight is 310 g/mol. The van der Waals surface area contributed by atoms with Gasteiger partial charge in [-0.3, -0.25) is 0 Å². The Morgan fingerprint density at radius 3 is 1.71 bits per heavy atom. The van der Waals surface area contributed by atoms with Crippen molar-refractivity contribution in [3.63, 3.8) is 0 Å². The minimum absolute atomic E-state index is 0.0187. The van der Waals surface area contributed by atoms with Gasteiger partial charge >= 0.3 is 0 Å². The van der Waals surface area contributed by atoms with E-state index in [2.05, 4.69) is 0 Å². The number of hydrogen-bond acceptors (Lipinski definition) is 0. The van der Waals surface area contributed by atoms with Gasteiger partial charge in [0.25, 0.3) is 0 Å². The monoisotopic (exact) mass is 310 g/mol. The first kappa shape index (κ1) is 13.8. The first-order valence-electron chi connectivity index (χ1n) is 5.45. The summed E-state index contributed by atoms with van der Waals surface area (Å²) in [7, 11) is 0. The summed E-state index contributed by atoms with van der Waals surface area (Å²) in [6.45, 7) is 0. The normalized spacial score (nSPS) is 16.1. The van der Waals surface area contributed by atoms with Gasteiger partial charge < -0.3 is 0 Å². The van der Waals surface area contributed by atoms with E-state index in [0.29, 0.717) is 0 Å². The van der Waals surface area contributed by atoms with Gasteiger partial charge in [-0.05, 0) is 0 Å². The van der Waals surface area contributed by atoms with Crippen molar-refractivity contribution < 1.29 is 35.1 Å². The van der Waals surface area contributed by atoms with Crippen LogP contribution in [0.3, 0.4) is 0 Å². The van der Waals surface area contributed by atoms with Crippen LogP contribution < -0.4 is 0 Å². The second-order valence-electron chi connectivity index (χ2n) is 4.35. The molecule has 0 spiro atoms. The average Bonchev–Trinajstić information content (AvgIpc) is 2.74. The molecular weight excluding hydrogens is 308 g/mol. The number of benzene rings is 2. The van der Waals surface area contributed by atoms with Crippen LogP contribution in [-0.4, -0.2) is 0 Å². The topological polar surface area (TPSA) is 0 Å². The van der Waals surface area contributed by atoms with E-state index in [1.165, 1.54) is 0 Å². The van der Waals surface area contributed by atoms with Gasteiger partial charge in [0, 0.05) is 28.3 Å². The van der Waals surface area contributed by atoms with Crippen molar-refractivity contribution in [2.75, 3.05) is 0 Å². The number of hydrogen-bond donors (Lipinski definition) is 0. The van der Waals surface area contributed by atoms with E-state index in [-0.39, 0.29) is 6.07 Å². The molecule has 0 radical (unpaired) electrons. The molecule has 21 heavy (non-hydrogen) atoms. The fraction of sp³-hybridized carbons (Fsp3) is 0.0769. The molecule has 0 N–H and O–H groups in total. The van der Waals surface area contributed by atoms with Gasteiger partial charge in [0.05, 0.1) is 0 Å². The summed E-state index contributed by atoms with van der Waals surface area (Å²) in [4.78, 5) is 0. The molecule has 1 unspecified atom stereocenters. The molecule has 0 heterocycles. The molecule has 1 atom stereocenters. The van der Waals surface area contributed by atoms with E-state index in [0.717, 1.165) is 0 Å². The standard InChI is InChI=1S/C13H2F8/c14-2-1-3(15)8(16)5-4(2)9(17)7-6(5)10(18)12(20)13(21)11(7)19/h1,9H. The summed E-state index contributed by atoms with van der Waals surface area (Å²) in [5.74, 6) is -14.2. The van der Waals surface area contributed by atoms with Crippen molar-refractivity contribution in [2.45, 2.75) is 6.17 Å². The van der Waals surface area contributed by atoms with Crippen LogP contribution in [0.4, 0.5) is 35.1 Å². The van der Waals surface area contributed by atoms with E-state index in [1.54, 1.807) is 0 Å². The minimum atomic E-state index is -2.78. The molecule has 0 aromatic heterocycles. The van der Waals surface area contributed by atoms with E-state index in [1.807, 2.05) is 0 Å². The van der Waals surface area contributed by atoms with Crippen LogP contribution in [0.2, 0.25) is 0 Å². The summed E-state index contributed by atoms with van der Waals surface area (Å²) >= 11 is 0. The highest BCUT2D eigenvalue weighted by molar-refractivity contribution is 5.80. The van der Waals surface area contributed by atoms with Gasteiger partial charge in [-0.25, -0.2) is 35.1 Å². The van der Waals surface area contributed by atoms with Crippen molar-refractivity contribution in [1.82, 2.24) is 0 Å². The van der Waals surface area contributed by atoms with Crippen LogP contribution in [0, 0.1) is 40.7 Å². The smallest absolute Gasteiger partial charge is 0.198 e. The lowest BCUT2D eigenvalue weighted by Gasteiger charge is -2.07. The van der Waals surface area contributed by atoms with Crippen LogP contribution in [-0.2, 0) is 0 Å². The minimum Gasteiger partial charge on any atom is -0.237 e. The Labute approximate surface area is 111 Å². The molecule has 0 bridgehead atoms.